The molecule has 0 spiro atoms. The van der Waals surface area contributed by atoms with Crippen LogP contribution in [0.4, 0.5) is 4.39 Å². The van der Waals surface area contributed by atoms with Crippen LogP contribution in [0.3, 0.4) is 0 Å². The molecule has 1 aliphatic rings. The monoisotopic (exact) mass is 272 g/mol. The number of methoxy groups -OCH3 is 1. The van der Waals surface area contributed by atoms with Crippen molar-refractivity contribution in [3.05, 3.63) is 33.5 Å². The number of benzene rings is 1. The number of ether oxygens (including phenoxy) is 1. The molecule has 1 aromatic rings. The van der Waals surface area contributed by atoms with Crippen LogP contribution in [0.5, 0.6) is 0 Å². The van der Waals surface area contributed by atoms with Crippen molar-refractivity contribution in [2.24, 2.45) is 0 Å². The third kappa shape index (κ3) is 2.04. The maximum Gasteiger partial charge on any atom is 0.339 e. The molecule has 0 aliphatic heterocycles. The molecule has 4 heteroatoms. The van der Waals surface area contributed by atoms with Gasteiger partial charge in [0.15, 0.2) is 0 Å². The van der Waals surface area contributed by atoms with Crippen LogP contribution < -0.4 is 0 Å². The van der Waals surface area contributed by atoms with Gasteiger partial charge in [-0.15, -0.1) is 0 Å². The molecule has 0 saturated heterocycles. The van der Waals surface area contributed by atoms with E-state index in [9.17, 15) is 9.18 Å². The summed E-state index contributed by atoms with van der Waals surface area (Å²) < 4.78 is 18.2. The maximum absolute atomic E-state index is 13.5. The number of halogens is 2. The highest BCUT2D eigenvalue weighted by molar-refractivity contribution is 9.10. The Labute approximate surface area is 95.6 Å². The standard InChI is InChI=1S/C11H10BrFO2/c1-15-11(14)8-4-7(6-2-3-6)5-9(13)10(8)12/h4-6H,2-3H2,1H3. The lowest BCUT2D eigenvalue weighted by Gasteiger charge is -2.06. The molecule has 1 saturated carbocycles. The number of carbonyl (C=O) groups excluding carboxylic acids is 1. The quantitative estimate of drug-likeness (QED) is 0.773. The molecule has 15 heavy (non-hydrogen) atoms. The van der Waals surface area contributed by atoms with Gasteiger partial charge in [0, 0.05) is 0 Å². The molecule has 2 rings (SSSR count). The first-order valence-electron chi connectivity index (χ1n) is 4.70. The number of esters is 1. The molecule has 0 amide bonds. The summed E-state index contributed by atoms with van der Waals surface area (Å²) in [5, 5.41) is 0. The highest BCUT2D eigenvalue weighted by Gasteiger charge is 2.26. The average molecular weight is 273 g/mol. The third-order valence-corrected chi connectivity index (χ3v) is 3.31. The minimum Gasteiger partial charge on any atom is -0.465 e. The topological polar surface area (TPSA) is 26.3 Å². The molecule has 0 bridgehead atoms. The molecule has 1 aliphatic carbocycles. The van der Waals surface area contributed by atoms with Gasteiger partial charge in [-0.3, -0.25) is 0 Å². The zero-order chi connectivity index (χ0) is 11.0. The summed E-state index contributed by atoms with van der Waals surface area (Å²) in [5.74, 6) is -0.501. The Bertz CT molecular complexity index is 413. The van der Waals surface area contributed by atoms with E-state index in [2.05, 4.69) is 20.7 Å². The lowest BCUT2D eigenvalue weighted by atomic mass is 10.1. The van der Waals surface area contributed by atoms with Crippen LogP contribution in [0, 0.1) is 5.82 Å². The van der Waals surface area contributed by atoms with E-state index < -0.39 is 11.8 Å². The molecule has 0 unspecified atom stereocenters. The van der Waals surface area contributed by atoms with Crippen molar-refractivity contribution in [2.75, 3.05) is 7.11 Å². The van der Waals surface area contributed by atoms with Gasteiger partial charge in [0.25, 0.3) is 0 Å². The van der Waals surface area contributed by atoms with Crippen molar-refractivity contribution in [3.63, 3.8) is 0 Å². The SMILES string of the molecule is COC(=O)c1cc(C2CC2)cc(F)c1Br. The summed E-state index contributed by atoms with van der Waals surface area (Å²) in [5.41, 5.74) is 1.15. The van der Waals surface area contributed by atoms with E-state index >= 15 is 0 Å². The van der Waals surface area contributed by atoms with E-state index in [1.807, 2.05) is 0 Å². The van der Waals surface area contributed by atoms with Crippen molar-refractivity contribution in [2.45, 2.75) is 18.8 Å². The molecule has 1 aromatic carbocycles. The van der Waals surface area contributed by atoms with Gasteiger partial charge in [-0.2, -0.15) is 0 Å². The van der Waals surface area contributed by atoms with E-state index in [-0.39, 0.29) is 10.0 Å². The van der Waals surface area contributed by atoms with Crippen LogP contribution in [0.1, 0.15) is 34.7 Å². The van der Waals surface area contributed by atoms with E-state index in [4.69, 9.17) is 0 Å². The van der Waals surface area contributed by atoms with Gasteiger partial charge >= 0.3 is 5.97 Å². The second-order valence-electron chi connectivity index (χ2n) is 3.63. The zero-order valence-corrected chi connectivity index (χ0v) is 9.80. The van der Waals surface area contributed by atoms with Gasteiger partial charge in [-0.05, 0) is 52.4 Å². The lowest BCUT2D eigenvalue weighted by Crippen LogP contribution is -2.04. The van der Waals surface area contributed by atoms with Crippen LogP contribution >= 0.6 is 15.9 Å². The average Bonchev–Trinajstić information content (AvgIpc) is 3.04. The summed E-state index contributed by atoms with van der Waals surface area (Å²) in [7, 11) is 1.29. The fourth-order valence-corrected chi connectivity index (χ4v) is 1.91. The summed E-state index contributed by atoms with van der Waals surface area (Å²) in [6.07, 6.45) is 2.14. The van der Waals surface area contributed by atoms with Gasteiger partial charge in [-0.1, -0.05) is 0 Å². The van der Waals surface area contributed by atoms with Crippen molar-refractivity contribution in [1.29, 1.82) is 0 Å². The zero-order valence-electron chi connectivity index (χ0n) is 8.22. The van der Waals surface area contributed by atoms with Crippen molar-refractivity contribution in [1.82, 2.24) is 0 Å². The van der Waals surface area contributed by atoms with Gasteiger partial charge in [0.2, 0.25) is 0 Å². The van der Waals surface area contributed by atoms with Crippen molar-refractivity contribution >= 4 is 21.9 Å². The molecule has 0 radical (unpaired) electrons. The second kappa shape index (κ2) is 3.93. The summed E-state index contributed by atoms with van der Waals surface area (Å²) in [6.45, 7) is 0. The first-order valence-corrected chi connectivity index (χ1v) is 5.50. The normalized spacial score (nSPS) is 15.1. The highest BCUT2D eigenvalue weighted by atomic mass is 79.9. The van der Waals surface area contributed by atoms with E-state index in [1.54, 1.807) is 6.07 Å². The second-order valence-corrected chi connectivity index (χ2v) is 4.42. The molecule has 0 N–H and O–H groups in total. The Balaban J connectivity index is 2.46. The summed E-state index contributed by atoms with van der Waals surface area (Å²) >= 11 is 3.05. The van der Waals surface area contributed by atoms with E-state index in [0.717, 1.165) is 18.4 Å². The predicted octanol–water partition coefficient (Wildman–Crippen LogP) is 3.25. The van der Waals surface area contributed by atoms with Crippen molar-refractivity contribution < 1.29 is 13.9 Å². The fraction of sp³-hybridized carbons (Fsp3) is 0.364. The largest absolute Gasteiger partial charge is 0.465 e. The maximum atomic E-state index is 13.5. The molecule has 0 atom stereocenters. The number of hydrogen-bond donors (Lipinski definition) is 0. The van der Waals surface area contributed by atoms with Gasteiger partial charge in [0.1, 0.15) is 5.82 Å². The van der Waals surface area contributed by atoms with Gasteiger partial charge in [0.05, 0.1) is 17.1 Å². The lowest BCUT2D eigenvalue weighted by molar-refractivity contribution is 0.0599. The smallest absolute Gasteiger partial charge is 0.339 e. The number of carbonyl (C=O) groups is 1. The minimum absolute atomic E-state index is 0.179. The first kappa shape index (κ1) is 10.6. The first-order chi connectivity index (χ1) is 7.13. The Hall–Kier alpha value is -0.900. The molecule has 0 aromatic heterocycles. The van der Waals surface area contributed by atoms with E-state index in [1.165, 1.54) is 13.2 Å². The molecule has 2 nitrogen and oxygen atoms in total. The molecular weight excluding hydrogens is 263 g/mol. The molecule has 80 valence electrons. The fourth-order valence-electron chi connectivity index (χ4n) is 1.52. The Morgan fingerprint density at radius 1 is 1.53 bits per heavy atom. The Kier molecular flexibility index (Phi) is 2.78. The highest BCUT2D eigenvalue weighted by Crippen LogP contribution is 2.41. The van der Waals surface area contributed by atoms with Crippen LogP contribution in [0.2, 0.25) is 0 Å². The summed E-state index contributed by atoms with van der Waals surface area (Å²) in [4.78, 5) is 11.4. The molecule has 1 fully saturated rings. The van der Waals surface area contributed by atoms with Crippen LogP contribution in [0.15, 0.2) is 16.6 Å². The van der Waals surface area contributed by atoms with Crippen LogP contribution in [0.25, 0.3) is 0 Å². The number of hydrogen-bond acceptors (Lipinski definition) is 2. The van der Waals surface area contributed by atoms with Gasteiger partial charge in [-0.25, -0.2) is 9.18 Å². The van der Waals surface area contributed by atoms with E-state index in [0.29, 0.717) is 5.92 Å². The number of rotatable bonds is 2. The van der Waals surface area contributed by atoms with Gasteiger partial charge < -0.3 is 4.74 Å². The third-order valence-electron chi connectivity index (χ3n) is 2.50. The van der Waals surface area contributed by atoms with Crippen LogP contribution in [-0.4, -0.2) is 13.1 Å². The van der Waals surface area contributed by atoms with Crippen molar-refractivity contribution in [3.8, 4) is 0 Å². The Morgan fingerprint density at radius 2 is 2.20 bits per heavy atom. The molecular formula is C11H10BrFO2. The molecule has 0 heterocycles. The summed E-state index contributed by atoms with van der Waals surface area (Å²) in [6, 6.07) is 3.19. The minimum atomic E-state index is -0.511. The predicted molar refractivity (Wildman–Crippen MR) is 57.4 cm³/mol. The Morgan fingerprint density at radius 3 is 2.73 bits per heavy atom. The van der Waals surface area contributed by atoms with Crippen LogP contribution in [-0.2, 0) is 4.74 Å².